The van der Waals surface area contributed by atoms with E-state index in [0.717, 1.165) is 0 Å². The summed E-state index contributed by atoms with van der Waals surface area (Å²) in [5.74, 6) is -2.09. The van der Waals surface area contributed by atoms with Gasteiger partial charge in [-0.25, -0.2) is 0 Å². The molecule has 142 valence electrons. The minimum atomic E-state index is -1.61. The summed E-state index contributed by atoms with van der Waals surface area (Å²) in [7, 11) is -1.50. The van der Waals surface area contributed by atoms with E-state index in [2.05, 4.69) is 0 Å². The first-order chi connectivity index (χ1) is 10.1. The SMILES string of the molecule is CC(O)C(N)C(=O)N1C[C@@H](CCB(O)O)C[C@](N)(C(=O)O)C1.Cl.Cl. The number of nitrogens with zero attached hydrogens (tertiary/aromatic N) is 1. The molecule has 1 aliphatic heterocycles. The molecule has 1 amide bonds. The first-order valence-corrected chi connectivity index (χ1v) is 7.17. The van der Waals surface area contributed by atoms with E-state index in [-0.39, 0.29) is 56.6 Å². The molecule has 1 saturated heterocycles. The van der Waals surface area contributed by atoms with Crippen molar-refractivity contribution in [2.45, 2.75) is 43.8 Å². The van der Waals surface area contributed by atoms with Crippen LogP contribution in [0.4, 0.5) is 0 Å². The monoisotopic (exact) mass is 389 g/mol. The van der Waals surface area contributed by atoms with E-state index in [4.69, 9.17) is 21.5 Å². The Morgan fingerprint density at radius 1 is 1.38 bits per heavy atom. The lowest BCUT2D eigenvalue weighted by Gasteiger charge is -2.42. The third-order valence-corrected chi connectivity index (χ3v) is 3.98. The fourth-order valence-electron chi connectivity index (χ4n) is 2.68. The van der Waals surface area contributed by atoms with E-state index >= 15 is 0 Å². The van der Waals surface area contributed by atoms with E-state index in [0.29, 0.717) is 6.42 Å². The lowest BCUT2D eigenvalue weighted by Crippen LogP contribution is -2.65. The zero-order chi connectivity index (χ0) is 17.1. The smallest absolute Gasteiger partial charge is 0.451 e. The molecule has 0 aromatic heterocycles. The number of carboxylic acids is 1. The summed E-state index contributed by atoms with van der Waals surface area (Å²) >= 11 is 0. The number of carbonyl (C=O) groups excluding carboxylic acids is 1. The zero-order valence-corrected chi connectivity index (χ0v) is 15.0. The molecular weight excluding hydrogens is 364 g/mol. The van der Waals surface area contributed by atoms with Crippen LogP contribution in [-0.2, 0) is 9.59 Å². The highest BCUT2D eigenvalue weighted by atomic mass is 35.5. The number of carbonyl (C=O) groups is 2. The summed E-state index contributed by atoms with van der Waals surface area (Å²) in [6, 6.07) is -1.15. The van der Waals surface area contributed by atoms with Crippen LogP contribution >= 0.6 is 24.8 Å². The van der Waals surface area contributed by atoms with Gasteiger partial charge in [0.1, 0.15) is 11.6 Å². The van der Waals surface area contributed by atoms with E-state index < -0.39 is 36.7 Å². The zero-order valence-electron chi connectivity index (χ0n) is 13.4. The maximum Gasteiger partial charge on any atom is 0.451 e. The summed E-state index contributed by atoms with van der Waals surface area (Å²) < 4.78 is 0. The van der Waals surface area contributed by atoms with Gasteiger partial charge in [0.2, 0.25) is 5.91 Å². The second-order valence-corrected chi connectivity index (χ2v) is 6.07. The molecule has 1 fully saturated rings. The van der Waals surface area contributed by atoms with Crippen molar-refractivity contribution in [2.75, 3.05) is 13.1 Å². The third-order valence-electron chi connectivity index (χ3n) is 3.98. The molecule has 0 bridgehead atoms. The molecule has 9 nitrogen and oxygen atoms in total. The van der Waals surface area contributed by atoms with Crippen molar-refractivity contribution >= 4 is 43.8 Å². The largest absolute Gasteiger partial charge is 0.480 e. The molecule has 0 saturated carbocycles. The summed E-state index contributed by atoms with van der Waals surface area (Å²) in [4.78, 5) is 24.9. The van der Waals surface area contributed by atoms with Crippen LogP contribution in [0.3, 0.4) is 0 Å². The van der Waals surface area contributed by atoms with Crippen molar-refractivity contribution in [1.29, 1.82) is 0 Å². The quantitative estimate of drug-likeness (QED) is 0.284. The van der Waals surface area contributed by atoms with Crippen molar-refractivity contribution in [3.63, 3.8) is 0 Å². The summed E-state index contributed by atoms with van der Waals surface area (Å²) in [6.07, 6.45) is -0.560. The molecule has 4 atom stereocenters. The van der Waals surface area contributed by atoms with Gasteiger partial charge in [-0.2, -0.15) is 0 Å². The summed E-state index contributed by atoms with van der Waals surface area (Å²) in [5, 5.41) is 36.6. The van der Waals surface area contributed by atoms with E-state index in [1.165, 1.54) is 11.8 Å². The Kier molecular flexibility index (Phi) is 11.1. The predicted molar refractivity (Wildman–Crippen MR) is 93.0 cm³/mol. The molecule has 1 heterocycles. The number of aliphatic carboxylic acids is 1. The highest BCUT2D eigenvalue weighted by Gasteiger charge is 2.45. The van der Waals surface area contributed by atoms with Crippen LogP contribution in [0.1, 0.15) is 19.8 Å². The second-order valence-electron chi connectivity index (χ2n) is 6.07. The van der Waals surface area contributed by atoms with Crippen molar-refractivity contribution in [3.05, 3.63) is 0 Å². The van der Waals surface area contributed by atoms with E-state index in [1.807, 2.05) is 0 Å². The van der Waals surface area contributed by atoms with Gasteiger partial charge in [0.05, 0.1) is 6.10 Å². The van der Waals surface area contributed by atoms with Gasteiger partial charge in [0.15, 0.2) is 0 Å². The maximum atomic E-state index is 12.2. The number of likely N-dealkylation sites (tertiary alicyclic amines) is 1. The molecule has 2 unspecified atom stereocenters. The van der Waals surface area contributed by atoms with Crippen molar-refractivity contribution in [3.8, 4) is 0 Å². The normalized spacial score (nSPS) is 25.8. The Balaban J connectivity index is 0. The average molecular weight is 390 g/mol. The van der Waals surface area contributed by atoms with Gasteiger partial charge in [-0.15, -0.1) is 24.8 Å². The first kappa shape index (κ1) is 25.6. The molecule has 0 aromatic rings. The first-order valence-electron chi connectivity index (χ1n) is 7.17. The fourth-order valence-corrected chi connectivity index (χ4v) is 2.68. The predicted octanol–water partition coefficient (Wildman–Crippen LogP) is -1.97. The maximum absolute atomic E-state index is 12.2. The minimum Gasteiger partial charge on any atom is -0.480 e. The molecule has 12 heteroatoms. The standard InChI is InChI=1S/C12H24BN3O6.2ClH/c1-7(17)9(14)10(18)16-5-8(2-3-13(21)22)4-12(15,6-16)11(19)20;;/h7-9,17,21-22H,2-6,14-15H2,1H3,(H,19,20);2*1H/t7?,8-,9?,12+;;/m0../s1. The minimum absolute atomic E-state index is 0. The number of piperidine rings is 1. The number of hydrogen-bond acceptors (Lipinski definition) is 7. The highest BCUT2D eigenvalue weighted by molar-refractivity contribution is 6.40. The number of amides is 1. The number of carboxylic acid groups (broad SMARTS) is 1. The average Bonchev–Trinajstić information content (AvgIpc) is 2.42. The molecular formula is C12H26BCl2N3O6. The molecule has 1 rings (SSSR count). The lowest BCUT2D eigenvalue weighted by molar-refractivity contribution is -0.150. The molecule has 0 aliphatic carbocycles. The van der Waals surface area contributed by atoms with Crippen LogP contribution in [0, 0.1) is 5.92 Å². The van der Waals surface area contributed by atoms with Gasteiger partial charge in [-0.1, -0.05) is 6.42 Å². The Labute approximate surface area is 153 Å². The number of aliphatic hydroxyl groups is 1. The van der Waals surface area contributed by atoms with Gasteiger partial charge < -0.3 is 36.6 Å². The Hall–Kier alpha value is -0.615. The Morgan fingerprint density at radius 3 is 2.33 bits per heavy atom. The molecule has 0 spiro atoms. The van der Waals surface area contributed by atoms with Gasteiger partial charge in [0, 0.05) is 13.1 Å². The topological polar surface area (TPSA) is 170 Å². The van der Waals surface area contributed by atoms with Crippen LogP contribution in [0.2, 0.25) is 6.32 Å². The van der Waals surface area contributed by atoms with Crippen molar-refractivity contribution in [2.24, 2.45) is 17.4 Å². The van der Waals surface area contributed by atoms with Crippen molar-refractivity contribution < 1.29 is 29.9 Å². The van der Waals surface area contributed by atoms with Gasteiger partial charge >= 0.3 is 13.1 Å². The van der Waals surface area contributed by atoms with Crippen LogP contribution in [0.5, 0.6) is 0 Å². The van der Waals surface area contributed by atoms with Crippen LogP contribution < -0.4 is 11.5 Å². The van der Waals surface area contributed by atoms with E-state index in [1.54, 1.807) is 0 Å². The van der Waals surface area contributed by atoms with Gasteiger partial charge in [0.25, 0.3) is 0 Å². The fraction of sp³-hybridized carbons (Fsp3) is 0.833. The highest BCUT2D eigenvalue weighted by Crippen LogP contribution is 2.28. The number of rotatable bonds is 6. The van der Waals surface area contributed by atoms with Gasteiger partial charge in [-0.3, -0.25) is 9.59 Å². The van der Waals surface area contributed by atoms with Crippen molar-refractivity contribution in [1.82, 2.24) is 4.90 Å². The molecule has 8 N–H and O–H groups in total. The number of halogens is 2. The summed E-state index contributed by atoms with van der Waals surface area (Å²) in [5.41, 5.74) is 9.88. The third kappa shape index (κ3) is 6.71. The molecule has 0 radical (unpaired) electrons. The number of aliphatic hydroxyl groups excluding tert-OH is 1. The van der Waals surface area contributed by atoms with E-state index in [9.17, 15) is 19.8 Å². The summed E-state index contributed by atoms with van der Waals surface area (Å²) in [6.45, 7) is 1.40. The lowest BCUT2D eigenvalue weighted by atomic mass is 9.75. The number of nitrogens with two attached hydrogens (primary N) is 2. The molecule has 0 aromatic carbocycles. The Bertz CT molecular complexity index is 432. The van der Waals surface area contributed by atoms with Crippen LogP contribution in [0.15, 0.2) is 0 Å². The van der Waals surface area contributed by atoms with Crippen LogP contribution in [-0.4, -0.2) is 74.9 Å². The second kappa shape index (κ2) is 10.4. The van der Waals surface area contributed by atoms with Gasteiger partial charge in [-0.05, 0) is 25.6 Å². The molecule has 24 heavy (non-hydrogen) atoms. The van der Waals surface area contributed by atoms with Crippen LogP contribution in [0.25, 0.3) is 0 Å². The number of hydrogen-bond donors (Lipinski definition) is 6. The molecule has 1 aliphatic rings. The Morgan fingerprint density at radius 2 is 1.92 bits per heavy atom.